The van der Waals surface area contributed by atoms with Gasteiger partial charge in [0.1, 0.15) is 12.4 Å². The lowest BCUT2D eigenvalue weighted by molar-refractivity contribution is 0.288. The maximum Gasteiger partial charge on any atom is 0.142 e. The number of hydrogen-bond acceptors (Lipinski definition) is 3. The molecule has 1 atom stereocenters. The number of anilines is 1. The van der Waals surface area contributed by atoms with E-state index in [1.54, 1.807) is 11.3 Å². The van der Waals surface area contributed by atoms with Gasteiger partial charge in [-0.3, -0.25) is 0 Å². The molecule has 0 amide bonds. The molecule has 4 heteroatoms. The average Bonchev–Trinajstić information content (AvgIpc) is 2.75. The highest BCUT2D eigenvalue weighted by atomic mass is 79.9. The van der Waals surface area contributed by atoms with Crippen molar-refractivity contribution >= 4 is 33.0 Å². The van der Waals surface area contributed by atoms with E-state index in [0.29, 0.717) is 6.61 Å². The molecule has 0 spiro atoms. The zero-order chi connectivity index (χ0) is 11.0. The van der Waals surface area contributed by atoms with E-state index in [2.05, 4.69) is 32.7 Å². The maximum atomic E-state index is 5.73. The highest BCUT2D eigenvalue weighted by Crippen LogP contribution is 2.35. The third-order valence-electron chi connectivity index (χ3n) is 2.55. The number of fused-ring (bicyclic) bond motifs is 1. The van der Waals surface area contributed by atoms with Gasteiger partial charge in [-0.1, -0.05) is 12.1 Å². The summed E-state index contributed by atoms with van der Waals surface area (Å²) in [5.74, 6) is 0.939. The van der Waals surface area contributed by atoms with Crippen molar-refractivity contribution < 1.29 is 4.74 Å². The van der Waals surface area contributed by atoms with Crippen LogP contribution >= 0.6 is 27.3 Å². The molecule has 0 bridgehead atoms. The van der Waals surface area contributed by atoms with E-state index in [1.165, 1.54) is 4.88 Å². The fraction of sp³-hybridized carbons (Fsp3) is 0.167. The summed E-state index contributed by atoms with van der Waals surface area (Å²) in [6, 6.07) is 10.4. The first-order valence-electron chi connectivity index (χ1n) is 5.05. The normalized spacial score (nSPS) is 18.4. The van der Waals surface area contributed by atoms with Crippen LogP contribution in [0.25, 0.3) is 0 Å². The summed E-state index contributed by atoms with van der Waals surface area (Å²) in [5, 5.41) is 5.59. The molecule has 16 heavy (non-hydrogen) atoms. The van der Waals surface area contributed by atoms with Gasteiger partial charge in [-0.05, 0) is 34.1 Å². The molecule has 0 aliphatic carbocycles. The standard InChI is InChI=1S/C12H10BrNOS/c13-8-5-12(16-7-8)10-6-15-11-4-2-1-3-9(11)14-10/h1-5,7,10,14H,6H2. The smallest absolute Gasteiger partial charge is 0.142 e. The minimum atomic E-state index is 0.256. The highest BCUT2D eigenvalue weighted by molar-refractivity contribution is 9.10. The van der Waals surface area contributed by atoms with Gasteiger partial charge in [0.2, 0.25) is 0 Å². The fourth-order valence-corrected chi connectivity index (χ4v) is 3.26. The number of halogens is 1. The van der Waals surface area contributed by atoms with Crippen LogP contribution in [-0.2, 0) is 0 Å². The first-order chi connectivity index (χ1) is 7.83. The van der Waals surface area contributed by atoms with Gasteiger partial charge in [0.25, 0.3) is 0 Å². The van der Waals surface area contributed by atoms with E-state index in [-0.39, 0.29) is 6.04 Å². The van der Waals surface area contributed by atoms with Crippen LogP contribution in [0.5, 0.6) is 5.75 Å². The lowest BCUT2D eigenvalue weighted by atomic mass is 10.2. The summed E-state index contributed by atoms with van der Waals surface area (Å²) in [5.41, 5.74) is 1.07. The second kappa shape index (κ2) is 4.11. The predicted octanol–water partition coefficient (Wildman–Crippen LogP) is 4.06. The van der Waals surface area contributed by atoms with Gasteiger partial charge >= 0.3 is 0 Å². The second-order valence-corrected chi connectivity index (χ2v) is 5.53. The first-order valence-corrected chi connectivity index (χ1v) is 6.72. The zero-order valence-corrected chi connectivity index (χ0v) is 10.8. The Morgan fingerprint density at radius 3 is 3.06 bits per heavy atom. The molecule has 1 aliphatic heterocycles. The van der Waals surface area contributed by atoms with Crippen molar-refractivity contribution in [2.75, 3.05) is 11.9 Å². The third-order valence-corrected chi connectivity index (χ3v) is 4.36. The Balaban J connectivity index is 1.88. The summed E-state index contributed by atoms with van der Waals surface area (Å²) in [4.78, 5) is 1.29. The molecule has 1 aromatic heterocycles. The number of rotatable bonds is 1. The van der Waals surface area contributed by atoms with Crippen molar-refractivity contribution in [1.82, 2.24) is 0 Å². The van der Waals surface area contributed by atoms with Crippen molar-refractivity contribution in [2.24, 2.45) is 0 Å². The lowest BCUT2D eigenvalue weighted by Gasteiger charge is -2.26. The van der Waals surface area contributed by atoms with Crippen molar-refractivity contribution in [2.45, 2.75) is 6.04 Å². The molecular weight excluding hydrogens is 286 g/mol. The number of hydrogen-bond donors (Lipinski definition) is 1. The van der Waals surface area contributed by atoms with Crippen LogP contribution in [0.4, 0.5) is 5.69 Å². The van der Waals surface area contributed by atoms with Crippen LogP contribution in [0, 0.1) is 0 Å². The van der Waals surface area contributed by atoms with Crippen LogP contribution in [0.1, 0.15) is 10.9 Å². The van der Waals surface area contributed by atoms with E-state index < -0.39 is 0 Å². The van der Waals surface area contributed by atoms with Crippen molar-refractivity contribution in [1.29, 1.82) is 0 Å². The molecule has 0 saturated carbocycles. The summed E-state index contributed by atoms with van der Waals surface area (Å²) in [7, 11) is 0. The Morgan fingerprint density at radius 2 is 2.25 bits per heavy atom. The maximum absolute atomic E-state index is 5.73. The monoisotopic (exact) mass is 295 g/mol. The van der Waals surface area contributed by atoms with Crippen LogP contribution < -0.4 is 10.1 Å². The molecule has 3 rings (SSSR count). The Kier molecular flexibility index (Phi) is 2.61. The molecule has 0 fully saturated rings. The molecule has 0 saturated heterocycles. The second-order valence-electron chi connectivity index (χ2n) is 3.67. The minimum absolute atomic E-state index is 0.256. The first kappa shape index (κ1) is 10.2. The molecule has 0 radical (unpaired) electrons. The average molecular weight is 296 g/mol. The third kappa shape index (κ3) is 1.83. The summed E-state index contributed by atoms with van der Waals surface area (Å²) < 4.78 is 6.86. The Bertz CT molecular complexity index is 511. The Labute approximate surface area is 106 Å². The summed E-state index contributed by atoms with van der Waals surface area (Å²) in [6.45, 7) is 0.684. The van der Waals surface area contributed by atoms with Crippen LogP contribution in [0.2, 0.25) is 0 Å². The molecule has 1 aliphatic rings. The van der Waals surface area contributed by atoms with Gasteiger partial charge in [0, 0.05) is 14.7 Å². The van der Waals surface area contributed by atoms with Gasteiger partial charge in [0.15, 0.2) is 0 Å². The number of ether oxygens (including phenoxy) is 1. The van der Waals surface area contributed by atoms with Crippen molar-refractivity contribution in [3.05, 3.63) is 45.1 Å². The van der Waals surface area contributed by atoms with Crippen LogP contribution in [0.15, 0.2) is 40.2 Å². The van der Waals surface area contributed by atoms with E-state index in [0.717, 1.165) is 15.9 Å². The molecule has 1 N–H and O–H groups in total. The number of benzene rings is 1. The van der Waals surface area contributed by atoms with Crippen molar-refractivity contribution in [3.63, 3.8) is 0 Å². The van der Waals surface area contributed by atoms with Gasteiger partial charge in [0.05, 0.1) is 11.7 Å². The van der Waals surface area contributed by atoms with Gasteiger partial charge in [-0.25, -0.2) is 0 Å². The molecular formula is C12H10BrNOS. The quantitative estimate of drug-likeness (QED) is 0.857. The van der Waals surface area contributed by atoms with E-state index in [1.807, 2.05) is 24.3 Å². The lowest BCUT2D eigenvalue weighted by Crippen LogP contribution is -2.22. The number of para-hydroxylation sites is 2. The summed E-state index contributed by atoms with van der Waals surface area (Å²) >= 11 is 5.21. The SMILES string of the molecule is Brc1csc(C2COc3ccccc3N2)c1. The molecule has 2 aromatic rings. The van der Waals surface area contributed by atoms with E-state index >= 15 is 0 Å². The molecule has 2 heterocycles. The largest absolute Gasteiger partial charge is 0.489 e. The zero-order valence-electron chi connectivity index (χ0n) is 8.44. The summed E-state index contributed by atoms with van der Waals surface area (Å²) in [6.07, 6.45) is 0. The van der Waals surface area contributed by atoms with E-state index in [9.17, 15) is 0 Å². The fourth-order valence-electron chi connectivity index (χ4n) is 1.78. The van der Waals surface area contributed by atoms with Crippen LogP contribution in [-0.4, -0.2) is 6.61 Å². The van der Waals surface area contributed by atoms with Crippen molar-refractivity contribution in [3.8, 4) is 5.75 Å². The predicted molar refractivity (Wildman–Crippen MR) is 70.3 cm³/mol. The highest BCUT2D eigenvalue weighted by Gasteiger charge is 2.20. The van der Waals surface area contributed by atoms with E-state index in [4.69, 9.17) is 4.74 Å². The minimum Gasteiger partial charge on any atom is -0.489 e. The van der Waals surface area contributed by atoms with Crippen LogP contribution in [0.3, 0.4) is 0 Å². The molecule has 1 unspecified atom stereocenters. The van der Waals surface area contributed by atoms with Gasteiger partial charge in [-0.15, -0.1) is 11.3 Å². The topological polar surface area (TPSA) is 21.3 Å². The Hall–Kier alpha value is -1.00. The Morgan fingerprint density at radius 1 is 1.38 bits per heavy atom. The molecule has 82 valence electrons. The number of nitrogens with one attached hydrogen (secondary N) is 1. The van der Waals surface area contributed by atoms with Gasteiger partial charge < -0.3 is 10.1 Å². The molecule has 2 nitrogen and oxygen atoms in total. The number of thiophene rings is 1. The molecule has 1 aromatic carbocycles. The van der Waals surface area contributed by atoms with Gasteiger partial charge in [-0.2, -0.15) is 0 Å².